The Morgan fingerprint density at radius 2 is 1.44 bits per heavy atom. The first kappa shape index (κ1) is 33.6. The van der Waals surface area contributed by atoms with Crippen molar-refractivity contribution < 1.29 is 43.0 Å². The van der Waals surface area contributed by atoms with Gasteiger partial charge in [0.2, 0.25) is 17.7 Å². The van der Waals surface area contributed by atoms with E-state index in [1.807, 2.05) is 0 Å². The molecule has 2 rings (SSSR count). The lowest BCUT2D eigenvalue weighted by molar-refractivity contribution is -0.158. The summed E-state index contributed by atoms with van der Waals surface area (Å²) in [6, 6.07) is -2.31. The fraction of sp³-hybridized carbons (Fsp3) is 0.778. The molecule has 3 unspecified atom stereocenters. The minimum absolute atomic E-state index is 0.0110. The van der Waals surface area contributed by atoms with Crippen LogP contribution in [0, 0.1) is 11.8 Å². The van der Waals surface area contributed by atoms with Crippen LogP contribution in [0.3, 0.4) is 0 Å². The van der Waals surface area contributed by atoms with E-state index in [4.69, 9.17) is 19.9 Å². The van der Waals surface area contributed by atoms with Gasteiger partial charge in [0, 0.05) is 24.9 Å². The minimum atomic E-state index is -1.17. The van der Waals surface area contributed by atoms with E-state index in [0.717, 1.165) is 6.42 Å². The van der Waals surface area contributed by atoms with Crippen molar-refractivity contribution in [1.29, 1.82) is 0 Å². The molecule has 0 bridgehead atoms. The number of primary amides is 1. The lowest BCUT2D eigenvalue weighted by Gasteiger charge is -2.33. The number of ether oxygens (including phenoxy) is 3. The standard InChI is InChI=1S/C27H45N5O9/c1-26(2,3)40-24(37)30-18(20(28)33)14-17-10-8-12-32(22(17)35)15-39-23(36)19(31-25(38)41-27(4,5)6)13-16-9-7-11-29-21(16)34/h16-19H,7-15H2,1-6H3,(H2,28,33)(H,29,34)(H,30,37)(H,31,38)/t16?,17?,18?,19-/m0/s1. The van der Waals surface area contributed by atoms with Crippen LogP contribution in [-0.2, 0) is 33.4 Å². The van der Waals surface area contributed by atoms with Gasteiger partial charge in [-0.2, -0.15) is 0 Å². The van der Waals surface area contributed by atoms with Gasteiger partial charge in [0.05, 0.1) is 0 Å². The molecular formula is C27H45N5O9. The number of hydrogen-bond donors (Lipinski definition) is 4. The molecule has 2 aliphatic rings. The molecule has 2 fully saturated rings. The monoisotopic (exact) mass is 583 g/mol. The molecule has 14 nitrogen and oxygen atoms in total. The van der Waals surface area contributed by atoms with Crippen LogP contribution in [0.5, 0.6) is 0 Å². The highest BCUT2D eigenvalue weighted by Gasteiger charge is 2.36. The van der Waals surface area contributed by atoms with Crippen LogP contribution < -0.4 is 21.7 Å². The molecule has 0 aromatic carbocycles. The first-order chi connectivity index (χ1) is 18.9. The number of nitrogens with one attached hydrogen (secondary N) is 3. The molecule has 5 amide bonds. The number of likely N-dealkylation sites (tertiary alicyclic amines) is 1. The number of esters is 1. The Kier molecular flexibility index (Phi) is 11.8. The smallest absolute Gasteiger partial charge is 0.408 e. The lowest BCUT2D eigenvalue weighted by Crippen LogP contribution is -2.51. The quantitative estimate of drug-likeness (QED) is 0.216. The normalized spacial score (nSPS) is 21.2. The van der Waals surface area contributed by atoms with Crippen molar-refractivity contribution in [2.45, 2.75) is 103 Å². The molecule has 5 N–H and O–H groups in total. The first-order valence-corrected chi connectivity index (χ1v) is 14.0. The molecular weight excluding hydrogens is 538 g/mol. The van der Waals surface area contributed by atoms with E-state index in [0.29, 0.717) is 32.4 Å². The van der Waals surface area contributed by atoms with E-state index in [2.05, 4.69) is 16.0 Å². The SMILES string of the molecule is CC(C)(C)OC(=O)NC(CC1CCCN(COC(=O)[C@H](CC2CCCNC2=O)NC(=O)OC(C)(C)C)C1=O)C(N)=O. The Morgan fingerprint density at radius 1 is 0.902 bits per heavy atom. The Balaban J connectivity index is 2.03. The molecule has 0 aromatic rings. The summed E-state index contributed by atoms with van der Waals surface area (Å²) in [5.41, 5.74) is 3.87. The second-order valence-electron chi connectivity index (χ2n) is 12.4. The Morgan fingerprint density at radius 3 is 1.98 bits per heavy atom. The number of carbonyl (C=O) groups is 6. The zero-order chi connectivity index (χ0) is 31.0. The minimum Gasteiger partial charge on any atom is -0.444 e. The largest absolute Gasteiger partial charge is 0.444 e. The average Bonchev–Trinajstić information content (AvgIpc) is 2.82. The van der Waals surface area contributed by atoms with E-state index in [1.165, 1.54) is 4.90 Å². The van der Waals surface area contributed by atoms with Crippen molar-refractivity contribution in [2.75, 3.05) is 19.8 Å². The van der Waals surface area contributed by atoms with Gasteiger partial charge < -0.3 is 40.8 Å². The predicted molar refractivity (Wildman–Crippen MR) is 146 cm³/mol. The zero-order valence-electron chi connectivity index (χ0n) is 24.9. The number of rotatable bonds is 10. The highest BCUT2D eigenvalue weighted by Crippen LogP contribution is 2.24. The van der Waals surface area contributed by atoms with Crippen molar-refractivity contribution in [3.05, 3.63) is 0 Å². The molecule has 0 saturated carbocycles. The highest BCUT2D eigenvalue weighted by molar-refractivity contribution is 5.87. The summed E-state index contributed by atoms with van der Waals surface area (Å²) < 4.78 is 15.9. The van der Waals surface area contributed by atoms with Crippen molar-refractivity contribution in [3.8, 4) is 0 Å². The highest BCUT2D eigenvalue weighted by atomic mass is 16.6. The summed E-state index contributed by atoms with van der Waals surface area (Å²) in [5.74, 6) is -3.36. The summed E-state index contributed by atoms with van der Waals surface area (Å²) in [6.45, 7) is 10.5. The van der Waals surface area contributed by atoms with Gasteiger partial charge in [-0.3, -0.25) is 14.4 Å². The topological polar surface area (TPSA) is 195 Å². The molecule has 2 aliphatic heterocycles. The molecule has 0 aromatic heterocycles. The summed E-state index contributed by atoms with van der Waals surface area (Å²) in [4.78, 5) is 76.5. The number of amides is 5. The maximum Gasteiger partial charge on any atom is 0.408 e. The van der Waals surface area contributed by atoms with Gasteiger partial charge in [-0.1, -0.05) is 0 Å². The molecule has 4 atom stereocenters. The van der Waals surface area contributed by atoms with Crippen LogP contribution >= 0.6 is 0 Å². The van der Waals surface area contributed by atoms with Crippen LogP contribution in [0.25, 0.3) is 0 Å². The summed E-state index contributed by atoms with van der Waals surface area (Å²) in [7, 11) is 0. The average molecular weight is 584 g/mol. The molecule has 2 heterocycles. The van der Waals surface area contributed by atoms with Crippen LogP contribution in [0.15, 0.2) is 0 Å². The van der Waals surface area contributed by atoms with E-state index in [9.17, 15) is 28.8 Å². The molecule has 0 aliphatic carbocycles. The first-order valence-electron chi connectivity index (χ1n) is 14.0. The van der Waals surface area contributed by atoms with Crippen LogP contribution in [0.1, 0.15) is 80.1 Å². The van der Waals surface area contributed by atoms with Gasteiger partial charge in [0.25, 0.3) is 0 Å². The number of hydrogen-bond acceptors (Lipinski definition) is 9. The molecule has 2 saturated heterocycles. The number of alkyl carbamates (subject to hydrolysis) is 2. The third-order valence-corrected chi connectivity index (χ3v) is 6.45. The predicted octanol–water partition coefficient (Wildman–Crippen LogP) is 1.30. The van der Waals surface area contributed by atoms with Gasteiger partial charge >= 0.3 is 18.2 Å². The van der Waals surface area contributed by atoms with Gasteiger partial charge in [0.15, 0.2) is 6.73 Å². The summed E-state index contributed by atoms with van der Waals surface area (Å²) in [6.07, 6.45) is 0.607. The van der Waals surface area contributed by atoms with Crippen LogP contribution in [0.4, 0.5) is 9.59 Å². The van der Waals surface area contributed by atoms with Crippen molar-refractivity contribution in [1.82, 2.24) is 20.9 Å². The second kappa shape index (κ2) is 14.4. The lowest BCUT2D eigenvalue weighted by atomic mass is 9.90. The van der Waals surface area contributed by atoms with E-state index in [-0.39, 0.29) is 24.7 Å². The number of carbonyl (C=O) groups excluding carboxylic acids is 6. The zero-order valence-corrected chi connectivity index (χ0v) is 24.9. The summed E-state index contributed by atoms with van der Waals surface area (Å²) in [5, 5.41) is 7.67. The molecule has 0 spiro atoms. The third kappa shape index (κ3) is 11.8. The number of nitrogens with zero attached hydrogens (tertiary/aromatic N) is 1. The van der Waals surface area contributed by atoms with E-state index < -0.39 is 65.9 Å². The maximum absolute atomic E-state index is 13.2. The number of piperidine rings is 2. The van der Waals surface area contributed by atoms with Crippen molar-refractivity contribution in [2.24, 2.45) is 17.6 Å². The van der Waals surface area contributed by atoms with Crippen molar-refractivity contribution in [3.63, 3.8) is 0 Å². The Bertz CT molecular complexity index is 989. The Hall–Kier alpha value is -3.58. The van der Waals surface area contributed by atoms with Gasteiger partial charge in [-0.15, -0.1) is 0 Å². The molecule has 0 radical (unpaired) electrons. The number of nitrogens with two attached hydrogens (primary N) is 1. The molecule has 232 valence electrons. The van der Waals surface area contributed by atoms with Crippen LogP contribution in [-0.4, -0.2) is 83.9 Å². The molecule has 41 heavy (non-hydrogen) atoms. The van der Waals surface area contributed by atoms with Gasteiger partial charge in [0.1, 0.15) is 23.3 Å². The third-order valence-electron chi connectivity index (χ3n) is 6.45. The maximum atomic E-state index is 13.2. The Labute approximate surface area is 240 Å². The van der Waals surface area contributed by atoms with E-state index >= 15 is 0 Å². The summed E-state index contributed by atoms with van der Waals surface area (Å²) >= 11 is 0. The van der Waals surface area contributed by atoms with Gasteiger partial charge in [-0.25, -0.2) is 14.4 Å². The van der Waals surface area contributed by atoms with Crippen molar-refractivity contribution >= 4 is 35.9 Å². The molecule has 14 heteroatoms. The van der Waals surface area contributed by atoms with E-state index in [1.54, 1.807) is 41.5 Å². The van der Waals surface area contributed by atoms with Crippen LogP contribution in [0.2, 0.25) is 0 Å². The second-order valence-corrected chi connectivity index (χ2v) is 12.4. The fourth-order valence-corrected chi connectivity index (χ4v) is 4.60. The van der Waals surface area contributed by atoms with Gasteiger partial charge in [-0.05, 0) is 80.1 Å². The fourth-order valence-electron chi connectivity index (χ4n) is 4.60.